The first-order valence-electron chi connectivity index (χ1n) is 5.13. The Morgan fingerprint density at radius 3 is 2.35 bits per heavy atom. The molecule has 4 nitrogen and oxygen atoms in total. The second kappa shape index (κ2) is 5.84. The van der Waals surface area contributed by atoms with Crippen LogP contribution in [-0.4, -0.2) is 18.0 Å². The number of carbonyl (C=O) groups excluding carboxylic acids is 2. The minimum atomic E-state index is -0.705. The van der Waals surface area contributed by atoms with E-state index >= 15 is 0 Å². The molecule has 0 saturated carbocycles. The van der Waals surface area contributed by atoms with Crippen molar-refractivity contribution < 1.29 is 19.1 Å². The van der Waals surface area contributed by atoms with Crippen LogP contribution in [0, 0.1) is 0 Å². The van der Waals surface area contributed by atoms with Crippen molar-refractivity contribution in [2.24, 2.45) is 0 Å². The quantitative estimate of drug-likeness (QED) is 0.339. The Hall–Kier alpha value is -2.10. The van der Waals surface area contributed by atoms with Crippen molar-refractivity contribution in [1.29, 1.82) is 0 Å². The molecule has 1 atom stereocenters. The normalized spacial score (nSPS) is 11.4. The summed E-state index contributed by atoms with van der Waals surface area (Å²) in [6.07, 6.45) is 0.363. The number of benzene rings is 1. The predicted molar refractivity (Wildman–Crippen MR) is 62.8 cm³/mol. The molecule has 0 heterocycles. The smallest absolute Gasteiger partial charge is 0.333 e. The molecule has 0 fully saturated rings. The second-order valence-corrected chi connectivity index (χ2v) is 3.41. The van der Waals surface area contributed by atoms with Crippen molar-refractivity contribution in [1.82, 2.24) is 0 Å². The average molecular weight is 234 g/mol. The molecule has 1 aromatic rings. The fourth-order valence-corrected chi connectivity index (χ4v) is 1.20. The van der Waals surface area contributed by atoms with Crippen LogP contribution in [0.1, 0.15) is 24.2 Å². The van der Waals surface area contributed by atoms with E-state index in [9.17, 15) is 9.59 Å². The molecule has 0 spiro atoms. The van der Waals surface area contributed by atoms with E-state index < -0.39 is 12.3 Å². The Labute approximate surface area is 99.8 Å². The van der Waals surface area contributed by atoms with Gasteiger partial charge in [0.05, 0.1) is 0 Å². The van der Waals surface area contributed by atoms with Gasteiger partial charge in [-0.1, -0.05) is 6.58 Å². The van der Waals surface area contributed by atoms with Crippen LogP contribution in [0.15, 0.2) is 36.9 Å². The summed E-state index contributed by atoms with van der Waals surface area (Å²) in [5.74, 6) is -0.0279. The van der Waals surface area contributed by atoms with Crippen LogP contribution in [-0.2, 0) is 9.53 Å². The van der Waals surface area contributed by atoms with Gasteiger partial charge in [0.25, 0.3) is 0 Å². The molecule has 4 heteroatoms. The molecule has 0 amide bonds. The molecule has 0 radical (unpaired) electrons. The molecule has 1 unspecified atom stereocenters. The van der Waals surface area contributed by atoms with E-state index in [4.69, 9.17) is 9.47 Å². The highest BCUT2D eigenvalue weighted by molar-refractivity contribution is 5.94. The minimum absolute atomic E-state index is 0.0114. The third-order valence-electron chi connectivity index (χ3n) is 2.01. The molecule has 1 rings (SSSR count). The Morgan fingerprint density at radius 1 is 1.29 bits per heavy atom. The van der Waals surface area contributed by atoms with E-state index in [1.54, 1.807) is 31.2 Å². The van der Waals surface area contributed by atoms with Crippen LogP contribution < -0.4 is 4.74 Å². The van der Waals surface area contributed by atoms with Gasteiger partial charge in [-0.25, -0.2) is 4.79 Å². The van der Waals surface area contributed by atoms with Crippen LogP contribution in [0.5, 0.6) is 5.75 Å². The number of carbonyl (C=O) groups is 2. The lowest BCUT2D eigenvalue weighted by Gasteiger charge is -2.14. The SMILES string of the molecule is C=CC(=O)OC(C)Oc1ccc(C(C)=O)cc1. The largest absolute Gasteiger partial charge is 0.455 e. The van der Waals surface area contributed by atoms with Crippen LogP contribution in [0.25, 0.3) is 0 Å². The van der Waals surface area contributed by atoms with E-state index in [0.717, 1.165) is 6.08 Å². The highest BCUT2D eigenvalue weighted by Gasteiger charge is 2.08. The lowest BCUT2D eigenvalue weighted by Crippen LogP contribution is -2.19. The van der Waals surface area contributed by atoms with Crippen LogP contribution in [0.4, 0.5) is 0 Å². The zero-order chi connectivity index (χ0) is 12.8. The number of esters is 1. The summed E-state index contributed by atoms with van der Waals surface area (Å²) in [5.41, 5.74) is 0.605. The van der Waals surface area contributed by atoms with Crippen molar-refractivity contribution >= 4 is 11.8 Å². The minimum Gasteiger partial charge on any atom is -0.455 e. The van der Waals surface area contributed by atoms with Gasteiger partial charge in [-0.15, -0.1) is 0 Å². The summed E-state index contributed by atoms with van der Waals surface area (Å²) in [4.78, 5) is 21.9. The van der Waals surface area contributed by atoms with Crippen LogP contribution in [0.3, 0.4) is 0 Å². The van der Waals surface area contributed by atoms with Gasteiger partial charge in [0, 0.05) is 18.6 Å². The summed E-state index contributed by atoms with van der Waals surface area (Å²) in [6.45, 7) is 6.37. The first-order valence-corrected chi connectivity index (χ1v) is 5.13. The monoisotopic (exact) mass is 234 g/mol. The fraction of sp³-hybridized carbons (Fsp3) is 0.231. The standard InChI is InChI=1S/C13H14O4/c1-4-13(15)17-10(3)16-12-7-5-11(6-8-12)9(2)14/h4-8,10H,1H2,2-3H3. The maximum atomic E-state index is 11.0. The van der Waals surface area contributed by atoms with Gasteiger partial charge in [-0.2, -0.15) is 0 Å². The lowest BCUT2D eigenvalue weighted by molar-refractivity contribution is -0.154. The van der Waals surface area contributed by atoms with Gasteiger partial charge < -0.3 is 9.47 Å². The zero-order valence-corrected chi connectivity index (χ0v) is 9.80. The van der Waals surface area contributed by atoms with Crippen molar-refractivity contribution in [3.05, 3.63) is 42.5 Å². The number of ether oxygens (including phenoxy) is 2. The third-order valence-corrected chi connectivity index (χ3v) is 2.01. The maximum Gasteiger partial charge on any atom is 0.333 e. The van der Waals surface area contributed by atoms with Gasteiger partial charge in [-0.3, -0.25) is 4.79 Å². The number of hydrogen-bond acceptors (Lipinski definition) is 4. The second-order valence-electron chi connectivity index (χ2n) is 3.41. The highest BCUT2D eigenvalue weighted by Crippen LogP contribution is 2.14. The van der Waals surface area contributed by atoms with Gasteiger partial charge in [0.15, 0.2) is 5.78 Å². The molecule has 0 aliphatic carbocycles. The van der Waals surface area contributed by atoms with Gasteiger partial charge in [0.2, 0.25) is 6.29 Å². The first-order chi connectivity index (χ1) is 8.02. The summed E-state index contributed by atoms with van der Waals surface area (Å²) in [5, 5.41) is 0. The third kappa shape index (κ3) is 4.10. The Bertz CT molecular complexity index is 420. The maximum absolute atomic E-state index is 11.0. The van der Waals surface area contributed by atoms with E-state index in [1.807, 2.05) is 0 Å². The molecule has 0 bridgehead atoms. The summed E-state index contributed by atoms with van der Waals surface area (Å²) >= 11 is 0. The molecule has 0 aliphatic heterocycles. The van der Waals surface area contributed by atoms with E-state index in [0.29, 0.717) is 11.3 Å². The fourth-order valence-electron chi connectivity index (χ4n) is 1.20. The highest BCUT2D eigenvalue weighted by atomic mass is 16.7. The molecule has 0 aromatic heterocycles. The van der Waals surface area contributed by atoms with Gasteiger partial charge >= 0.3 is 5.97 Å². The number of rotatable bonds is 5. The molecule has 90 valence electrons. The number of ketones is 1. The van der Waals surface area contributed by atoms with Crippen molar-refractivity contribution in [3.63, 3.8) is 0 Å². The topological polar surface area (TPSA) is 52.6 Å². The molecule has 0 saturated heterocycles. The Kier molecular flexibility index (Phi) is 4.46. The van der Waals surface area contributed by atoms with E-state index in [2.05, 4.69) is 6.58 Å². The Balaban J connectivity index is 2.59. The Morgan fingerprint density at radius 2 is 1.88 bits per heavy atom. The van der Waals surface area contributed by atoms with Crippen molar-refractivity contribution in [2.75, 3.05) is 0 Å². The summed E-state index contributed by atoms with van der Waals surface area (Å²) < 4.78 is 10.2. The van der Waals surface area contributed by atoms with Gasteiger partial charge in [-0.05, 0) is 31.2 Å². The van der Waals surface area contributed by atoms with Crippen LogP contribution in [0.2, 0.25) is 0 Å². The zero-order valence-electron chi connectivity index (χ0n) is 9.80. The van der Waals surface area contributed by atoms with Gasteiger partial charge in [0.1, 0.15) is 5.75 Å². The number of Topliss-reactive ketones (excluding diaryl/α,β-unsaturated/α-hetero) is 1. The van der Waals surface area contributed by atoms with Crippen molar-refractivity contribution in [3.8, 4) is 5.75 Å². The van der Waals surface area contributed by atoms with Crippen molar-refractivity contribution in [2.45, 2.75) is 20.1 Å². The molecular formula is C13H14O4. The first kappa shape index (κ1) is 13.0. The molecular weight excluding hydrogens is 220 g/mol. The molecule has 17 heavy (non-hydrogen) atoms. The van der Waals surface area contributed by atoms with E-state index in [1.165, 1.54) is 6.92 Å². The van der Waals surface area contributed by atoms with Crippen LogP contribution >= 0.6 is 0 Å². The van der Waals surface area contributed by atoms with E-state index in [-0.39, 0.29) is 5.78 Å². The summed E-state index contributed by atoms with van der Waals surface area (Å²) in [7, 11) is 0. The molecule has 0 aliphatic rings. The molecule has 0 N–H and O–H groups in total. The molecule has 1 aromatic carbocycles. The summed E-state index contributed by atoms with van der Waals surface area (Å²) in [6, 6.07) is 6.60. The number of hydrogen-bond donors (Lipinski definition) is 0. The lowest BCUT2D eigenvalue weighted by atomic mass is 10.1. The average Bonchev–Trinajstić information content (AvgIpc) is 2.29. The predicted octanol–water partition coefficient (Wildman–Crippen LogP) is 2.34.